The quantitative estimate of drug-likeness (QED) is 0.853. The summed E-state index contributed by atoms with van der Waals surface area (Å²) in [6.45, 7) is 4.25. The molecule has 1 fully saturated rings. The van der Waals surface area contributed by atoms with Crippen LogP contribution in [0.2, 0.25) is 5.02 Å². The van der Waals surface area contributed by atoms with Crippen LogP contribution in [-0.2, 0) is 10.0 Å². The number of amides is 1. The van der Waals surface area contributed by atoms with Crippen molar-refractivity contribution in [3.05, 3.63) is 58.1 Å². The first kappa shape index (κ1) is 18.7. The van der Waals surface area contributed by atoms with Gasteiger partial charge in [-0.3, -0.25) is 9.10 Å². The first-order chi connectivity index (χ1) is 12.3. The lowest BCUT2D eigenvalue weighted by Crippen LogP contribution is -2.38. The Hall–Kier alpha value is -2.05. The van der Waals surface area contributed by atoms with E-state index in [4.69, 9.17) is 11.6 Å². The number of sulfonamides is 1. The van der Waals surface area contributed by atoms with Gasteiger partial charge in [0.15, 0.2) is 0 Å². The standard InChI is InChI=1S/C19H21ClN2O3S/c1-13-5-6-14(2)17(11-13)21-19(23)15-7-8-16(20)18(12-15)22-9-3-4-10-26(22,24)25/h5-8,11-12H,3-4,9-10H2,1-2H3,(H,21,23). The normalized spacial score (nSPS) is 16.3. The first-order valence-electron chi connectivity index (χ1n) is 8.46. The second-order valence-electron chi connectivity index (χ2n) is 6.53. The number of carbonyl (C=O) groups is 1. The lowest BCUT2D eigenvalue weighted by atomic mass is 10.1. The van der Waals surface area contributed by atoms with Crippen molar-refractivity contribution < 1.29 is 13.2 Å². The lowest BCUT2D eigenvalue weighted by molar-refractivity contribution is 0.102. The molecule has 0 saturated carbocycles. The molecule has 0 atom stereocenters. The lowest BCUT2D eigenvalue weighted by Gasteiger charge is -2.29. The van der Waals surface area contributed by atoms with Crippen molar-refractivity contribution in [1.82, 2.24) is 0 Å². The zero-order valence-electron chi connectivity index (χ0n) is 14.8. The molecule has 0 radical (unpaired) electrons. The third kappa shape index (κ3) is 3.86. The van der Waals surface area contributed by atoms with Crippen LogP contribution in [0.4, 0.5) is 11.4 Å². The molecule has 0 unspecified atom stereocenters. The maximum Gasteiger partial charge on any atom is 0.255 e. The molecule has 0 bridgehead atoms. The van der Waals surface area contributed by atoms with E-state index in [0.29, 0.717) is 29.2 Å². The minimum Gasteiger partial charge on any atom is -0.322 e. The highest BCUT2D eigenvalue weighted by Crippen LogP contribution is 2.32. The Morgan fingerprint density at radius 2 is 1.88 bits per heavy atom. The van der Waals surface area contributed by atoms with Crippen LogP contribution in [0.15, 0.2) is 36.4 Å². The van der Waals surface area contributed by atoms with Crippen molar-refractivity contribution >= 4 is 38.9 Å². The maximum absolute atomic E-state index is 12.7. The average molecular weight is 393 g/mol. The second-order valence-corrected chi connectivity index (χ2v) is 8.95. The fourth-order valence-corrected chi connectivity index (χ4v) is 4.89. The highest BCUT2D eigenvalue weighted by atomic mass is 35.5. The molecular weight excluding hydrogens is 372 g/mol. The molecule has 1 amide bonds. The van der Waals surface area contributed by atoms with Crippen molar-refractivity contribution in [1.29, 1.82) is 0 Å². The van der Waals surface area contributed by atoms with Crippen LogP contribution in [0.3, 0.4) is 0 Å². The molecule has 1 saturated heterocycles. The molecule has 2 aromatic carbocycles. The minimum absolute atomic E-state index is 0.0994. The van der Waals surface area contributed by atoms with Crippen LogP contribution < -0.4 is 9.62 Å². The zero-order valence-corrected chi connectivity index (χ0v) is 16.3. The van der Waals surface area contributed by atoms with Crippen molar-refractivity contribution in [2.24, 2.45) is 0 Å². The number of aryl methyl sites for hydroxylation is 2. The number of hydrogen-bond acceptors (Lipinski definition) is 3. The number of anilines is 2. The number of halogens is 1. The molecule has 1 aliphatic rings. The smallest absolute Gasteiger partial charge is 0.255 e. The van der Waals surface area contributed by atoms with Gasteiger partial charge in [0.05, 0.1) is 16.5 Å². The van der Waals surface area contributed by atoms with Gasteiger partial charge in [-0.05, 0) is 62.1 Å². The summed E-state index contributed by atoms with van der Waals surface area (Å²) in [5, 5.41) is 3.21. The number of hydrogen-bond donors (Lipinski definition) is 1. The summed E-state index contributed by atoms with van der Waals surface area (Å²) in [5.74, 6) is -0.201. The summed E-state index contributed by atoms with van der Waals surface area (Å²) in [4.78, 5) is 12.7. The van der Waals surface area contributed by atoms with Gasteiger partial charge in [-0.1, -0.05) is 23.7 Å². The van der Waals surface area contributed by atoms with Crippen molar-refractivity contribution in [3.8, 4) is 0 Å². The average Bonchev–Trinajstić information content (AvgIpc) is 2.58. The molecule has 0 aromatic heterocycles. The number of benzene rings is 2. The van der Waals surface area contributed by atoms with Crippen LogP contribution >= 0.6 is 11.6 Å². The van der Waals surface area contributed by atoms with E-state index in [0.717, 1.165) is 23.2 Å². The van der Waals surface area contributed by atoms with E-state index in [1.165, 1.54) is 4.31 Å². The maximum atomic E-state index is 12.7. The number of nitrogens with zero attached hydrogens (tertiary/aromatic N) is 1. The first-order valence-corrected chi connectivity index (χ1v) is 10.5. The number of carbonyl (C=O) groups excluding carboxylic acids is 1. The van der Waals surface area contributed by atoms with Gasteiger partial charge >= 0.3 is 0 Å². The van der Waals surface area contributed by atoms with Crippen LogP contribution in [-0.4, -0.2) is 26.6 Å². The van der Waals surface area contributed by atoms with Gasteiger partial charge in [-0.15, -0.1) is 0 Å². The van der Waals surface area contributed by atoms with Crippen molar-refractivity contribution in [2.45, 2.75) is 26.7 Å². The van der Waals surface area contributed by atoms with E-state index in [1.54, 1.807) is 18.2 Å². The molecular formula is C19H21ClN2O3S. The molecule has 2 aromatic rings. The summed E-state index contributed by atoms with van der Waals surface area (Å²) in [6.07, 6.45) is 1.41. The van der Waals surface area contributed by atoms with E-state index in [9.17, 15) is 13.2 Å². The van der Waals surface area contributed by atoms with Gasteiger partial charge in [0, 0.05) is 17.8 Å². The van der Waals surface area contributed by atoms with Gasteiger partial charge in [-0.25, -0.2) is 8.42 Å². The Labute approximate surface area is 159 Å². The predicted octanol–water partition coefficient (Wildman–Crippen LogP) is 4.14. The molecule has 0 aliphatic carbocycles. The molecule has 1 N–H and O–H groups in total. The largest absolute Gasteiger partial charge is 0.322 e. The van der Waals surface area contributed by atoms with E-state index in [2.05, 4.69) is 5.32 Å². The fraction of sp³-hybridized carbons (Fsp3) is 0.316. The van der Waals surface area contributed by atoms with Gasteiger partial charge in [-0.2, -0.15) is 0 Å². The Bertz CT molecular complexity index is 957. The van der Waals surface area contributed by atoms with E-state index < -0.39 is 10.0 Å². The van der Waals surface area contributed by atoms with Crippen LogP contribution in [0.5, 0.6) is 0 Å². The third-order valence-corrected chi connectivity index (χ3v) is 6.64. The summed E-state index contributed by atoms with van der Waals surface area (Å²) in [6, 6.07) is 10.5. The van der Waals surface area contributed by atoms with Crippen LogP contribution in [0.25, 0.3) is 0 Å². The Balaban J connectivity index is 1.92. The van der Waals surface area contributed by atoms with Crippen molar-refractivity contribution in [3.63, 3.8) is 0 Å². The highest BCUT2D eigenvalue weighted by molar-refractivity contribution is 7.92. The third-order valence-electron chi connectivity index (χ3n) is 4.47. The van der Waals surface area contributed by atoms with Crippen molar-refractivity contribution in [2.75, 3.05) is 21.9 Å². The highest BCUT2D eigenvalue weighted by Gasteiger charge is 2.28. The summed E-state index contributed by atoms with van der Waals surface area (Å²) in [7, 11) is -3.40. The zero-order chi connectivity index (χ0) is 18.9. The Morgan fingerprint density at radius 1 is 1.12 bits per heavy atom. The van der Waals surface area contributed by atoms with Gasteiger partial charge < -0.3 is 5.32 Å². The second kappa shape index (κ2) is 7.29. The molecule has 1 aliphatic heterocycles. The summed E-state index contributed by atoms with van der Waals surface area (Å²) >= 11 is 6.23. The van der Waals surface area contributed by atoms with E-state index in [-0.39, 0.29) is 11.7 Å². The van der Waals surface area contributed by atoms with Gasteiger partial charge in [0.25, 0.3) is 5.91 Å². The molecule has 1 heterocycles. The van der Waals surface area contributed by atoms with E-state index >= 15 is 0 Å². The molecule has 0 spiro atoms. The van der Waals surface area contributed by atoms with E-state index in [1.807, 2.05) is 32.0 Å². The summed E-state index contributed by atoms with van der Waals surface area (Å²) in [5.41, 5.74) is 3.46. The molecule has 7 heteroatoms. The topological polar surface area (TPSA) is 66.5 Å². The predicted molar refractivity (Wildman–Crippen MR) is 106 cm³/mol. The van der Waals surface area contributed by atoms with Gasteiger partial charge in [0.2, 0.25) is 10.0 Å². The minimum atomic E-state index is -3.40. The fourth-order valence-electron chi connectivity index (χ4n) is 2.97. The Morgan fingerprint density at radius 3 is 2.62 bits per heavy atom. The molecule has 138 valence electrons. The van der Waals surface area contributed by atoms with Crippen LogP contribution in [0.1, 0.15) is 34.3 Å². The summed E-state index contributed by atoms with van der Waals surface area (Å²) < 4.78 is 26.0. The number of nitrogens with one attached hydrogen (secondary N) is 1. The molecule has 26 heavy (non-hydrogen) atoms. The van der Waals surface area contributed by atoms with Crippen LogP contribution in [0, 0.1) is 13.8 Å². The van der Waals surface area contributed by atoms with Gasteiger partial charge in [0.1, 0.15) is 0 Å². The monoisotopic (exact) mass is 392 g/mol. The molecule has 3 rings (SSSR count). The molecule has 5 nitrogen and oxygen atoms in total. The Kier molecular flexibility index (Phi) is 5.25. The SMILES string of the molecule is Cc1ccc(C)c(NC(=O)c2ccc(Cl)c(N3CCCCS3(=O)=O)c2)c1. The number of rotatable bonds is 3.